The lowest BCUT2D eigenvalue weighted by Gasteiger charge is -2.34. The molecule has 164 valence electrons. The summed E-state index contributed by atoms with van der Waals surface area (Å²) in [5.74, 6) is 0.432. The molecular weight excluding hydrogens is 429 g/mol. The third-order valence-corrected chi connectivity index (χ3v) is 5.63. The first-order chi connectivity index (χ1) is 14.2. The maximum Gasteiger partial charge on any atom is 0.407 e. The van der Waals surface area contributed by atoms with Crippen LogP contribution in [0.3, 0.4) is 0 Å². The van der Waals surface area contributed by atoms with Crippen LogP contribution < -0.4 is 10.2 Å². The summed E-state index contributed by atoms with van der Waals surface area (Å²) in [6.07, 6.45) is 5.86. The largest absolute Gasteiger partial charge is 0.444 e. The molecule has 3 rings (SSSR count). The number of hydrogen-bond acceptors (Lipinski definition) is 7. The number of aromatic nitrogens is 3. The third kappa shape index (κ3) is 5.63. The standard InChI is InChI=1S/C20H27ClFN5O2S/c1-20(2,3)29-19(28)23-8-7-12-6-5-9-27(11-12)17-13-10-24-16(21)14(22)15(13)25-18(26-17)30-4/h10,12H,5-9,11H2,1-4H3,(H,23,28). The number of hydrogen-bond donors (Lipinski definition) is 1. The summed E-state index contributed by atoms with van der Waals surface area (Å²) in [4.78, 5) is 26.9. The van der Waals surface area contributed by atoms with Gasteiger partial charge in [0, 0.05) is 25.8 Å². The van der Waals surface area contributed by atoms with E-state index in [1.807, 2.05) is 27.0 Å². The van der Waals surface area contributed by atoms with Crippen LogP contribution in [-0.2, 0) is 4.74 Å². The second kappa shape index (κ2) is 9.51. The van der Waals surface area contributed by atoms with E-state index in [9.17, 15) is 9.18 Å². The fourth-order valence-corrected chi connectivity index (χ4v) is 4.02. The van der Waals surface area contributed by atoms with Crippen LogP contribution in [0.2, 0.25) is 5.15 Å². The molecule has 2 aromatic heterocycles. The Morgan fingerprint density at radius 2 is 2.20 bits per heavy atom. The quantitative estimate of drug-likeness (QED) is 0.398. The van der Waals surface area contributed by atoms with Crippen molar-refractivity contribution < 1.29 is 13.9 Å². The fraction of sp³-hybridized carbons (Fsp3) is 0.600. The Labute approximate surface area is 185 Å². The van der Waals surface area contributed by atoms with Gasteiger partial charge in [0.25, 0.3) is 0 Å². The summed E-state index contributed by atoms with van der Waals surface area (Å²) in [5.41, 5.74) is -0.320. The Balaban J connectivity index is 1.72. The first-order valence-electron chi connectivity index (χ1n) is 9.95. The molecule has 0 aromatic carbocycles. The van der Waals surface area contributed by atoms with E-state index in [1.54, 1.807) is 0 Å². The van der Waals surface area contributed by atoms with Gasteiger partial charge in [-0.3, -0.25) is 0 Å². The first-order valence-corrected chi connectivity index (χ1v) is 11.6. The summed E-state index contributed by atoms with van der Waals surface area (Å²) in [7, 11) is 0. The molecule has 1 N–H and O–H groups in total. The zero-order valence-corrected chi connectivity index (χ0v) is 19.2. The minimum atomic E-state index is -0.622. The van der Waals surface area contributed by atoms with Crippen LogP contribution in [0.25, 0.3) is 10.9 Å². The molecule has 0 bridgehead atoms. The zero-order valence-electron chi connectivity index (χ0n) is 17.7. The van der Waals surface area contributed by atoms with Gasteiger partial charge in [-0.15, -0.1) is 0 Å². The molecule has 1 aliphatic heterocycles. The number of thioether (sulfide) groups is 1. The highest BCUT2D eigenvalue weighted by atomic mass is 35.5. The van der Waals surface area contributed by atoms with E-state index in [2.05, 4.69) is 25.2 Å². The van der Waals surface area contributed by atoms with Gasteiger partial charge in [0.2, 0.25) is 0 Å². The van der Waals surface area contributed by atoms with Crippen LogP contribution in [0.1, 0.15) is 40.0 Å². The fourth-order valence-electron chi connectivity index (χ4n) is 3.52. The van der Waals surface area contributed by atoms with Crippen LogP contribution in [0.15, 0.2) is 11.4 Å². The number of ether oxygens (including phenoxy) is 1. The van der Waals surface area contributed by atoms with Crippen molar-refractivity contribution in [2.24, 2.45) is 5.92 Å². The van der Waals surface area contributed by atoms with Crippen LogP contribution in [0.5, 0.6) is 0 Å². The molecule has 30 heavy (non-hydrogen) atoms. The predicted molar refractivity (Wildman–Crippen MR) is 118 cm³/mol. The second-order valence-electron chi connectivity index (χ2n) is 8.33. The molecule has 1 saturated heterocycles. The van der Waals surface area contributed by atoms with Crippen LogP contribution >= 0.6 is 23.4 Å². The normalized spacial score (nSPS) is 17.3. The van der Waals surface area contributed by atoms with Crippen molar-refractivity contribution in [2.45, 2.75) is 50.8 Å². The number of rotatable bonds is 5. The highest BCUT2D eigenvalue weighted by Crippen LogP contribution is 2.32. The van der Waals surface area contributed by atoms with Gasteiger partial charge in [0.05, 0.1) is 5.39 Å². The molecule has 2 aromatic rings. The summed E-state index contributed by atoms with van der Waals surface area (Å²) in [6.45, 7) is 7.64. The maximum atomic E-state index is 14.5. The van der Waals surface area contributed by atoms with Gasteiger partial charge in [-0.2, -0.15) is 0 Å². The highest BCUT2D eigenvalue weighted by molar-refractivity contribution is 7.98. The number of nitrogens with zero attached hydrogens (tertiary/aromatic N) is 4. The molecule has 0 spiro atoms. The molecule has 3 heterocycles. The minimum absolute atomic E-state index is 0.191. The summed E-state index contributed by atoms with van der Waals surface area (Å²) < 4.78 is 19.8. The SMILES string of the molecule is CSc1nc(N2CCCC(CCNC(=O)OC(C)(C)C)C2)c2cnc(Cl)c(F)c2n1. The number of carbonyl (C=O) groups is 1. The van der Waals surface area contributed by atoms with E-state index >= 15 is 0 Å². The van der Waals surface area contributed by atoms with Gasteiger partial charge < -0.3 is 15.0 Å². The number of amides is 1. The predicted octanol–water partition coefficient (Wildman–Crippen LogP) is 4.67. The number of anilines is 1. The maximum absolute atomic E-state index is 14.5. The Morgan fingerprint density at radius 3 is 2.90 bits per heavy atom. The number of pyridine rings is 1. The van der Waals surface area contributed by atoms with Crippen molar-refractivity contribution in [3.63, 3.8) is 0 Å². The molecule has 1 atom stereocenters. The Kier molecular flexibility index (Phi) is 7.23. The van der Waals surface area contributed by atoms with Gasteiger partial charge in [-0.25, -0.2) is 24.1 Å². The summed E-state index contributed by atoms with van der Waals surface area (Å²) in [6, 6.07) is 0. The lowest BCUT2D eigenvalue weighted by Crippen LogP contribution is -2.38. The minimum Gasteiger partial charge on any atom is -0.444 e. The molecule has 1 unspecified atom stereocenters. The van der Waals surface area contributed by atoms with Crippen LogP contribution in [0.4, 0.5) is 15.0 Å². The van der Waals surface area contributed by atoms with Crippen molar-refractivity contribution >= 4 is 46.2 Å². The van der Waals surface area contributed by atoms with Crippen LogP contribution in [0, 0.1) is 11.7 Å². The van der Waals surface area contributed by atoms with Crippen LogP contribution in [-0.4, -0.2) is 52.5 Å². The van der Waals surface area contributed by atoms with Crippen molar-refractivity contribution in [3.05, 3.63) is 17.2 Å². The van der Waals surface area contributed by atoms with Crippen molar-refractivity contribution in [3.8, 4) is 0 Å². The molecule has 1 amide bonds. The van der Waals surface area contributed by atoms with E-state index < -0.39 is 17.5 Å². The van der Waals surface area contributed by atoms with Gasteiger partial charge in [0.1, 0.15) is 16.9 Å². The number of carbonyl (C=O) groups excluding carboxylic acids is 1. The van der Waals surface area contributed by atoms with Gasteiger partial charge in [-0.1, -0.05) is 23.4 Å². The number of fused-ring (bicyclic) bond motifs is 1. The molecule has 1 aliphatic rings. The number of piperidine rings is 1. The van der Waals surface area contributed by atoms with Gasteiger partial charge in [0.15, 0.2) is 16.1 Å². The van der Waals surface area contributed by atoms with Crippen molar-refractivity contribution in [2.75, 3.05) is 30.8 Å². The number of halogens is 2. The van der Waals surface area contributed by atoms with Crippen molar-refractivity contribution in [1.29, 1.82) is 0 Å². The molecule has 10 heteroatoms. The van der Waals surface area contributed by atoms with Crippen molar-refractivity contribution in [1.82, 2.24) is 20.3 Å². The first kappa shape index (κ1) is 22.8. The van der Waals surface area contributed by atoms with E-state index in [0.717, 1.165) is 32.4 Å². The Morgan fingerprint density at radius 1 is 1.43 bits per heavy atom. The summed E-state index contributed by atoms with van der Waals surface area (Å²) >= 11 is 7.21. The van der Waals surface area contributed by atoms with E-state index in [4.69, 9.17) is 16.3 Å². The molecule has 0 radical (unpaired) electrons. The average molecular weight is 456 g/mol. The molecule has 0 saturated carbocycles. The molecular formula is C20H27ClFN5O2S. The number of alkyl carbamates (subject to hydrolysis) is 1. The Hall–Kier alpha value is -1.87. The molecule has 1 fully saturated rings. The smallest absolute Gasteiger partial charge is 0.407 e. The molecule has 0 aliphatic carbocycles. The van der Waals surface area contributed by atoms with Gasteiger partial charge in [-0.05, 0) is 52.2 Å². The summed E-state index contributed by atoms with van der Waals surface area (Å²) in [5, 5.41) is 3.68. The topological polar surface area (TPSA) is 80.2 Å². The second-order valence-corrected chi connectivity index (χ2v) is 9.46. The van der Waals surface area contributed by atoms with E-state index in [0.29, 0.717) is 28.8 Å². The lowest BCUT2D eigenvalue weighted by molar-refractivity contribution is 0.0524. The van der Waals surface area contributed by atoms with E-state index in [-0.39, 0.29) is 10.7 Å². The zero-order chi connectivity index (χ0) is 21.9. The molecule has 7 nitrogen and oxygen atoms in total. The monoisotopic (exact) mass is 455 g/mol. The van der Waals surface area contributed by atoms with E-state index in [1.165, 1.54) is 18.0 Å². The third-order valence-electron chi connectivity index (χ3n) is 4.82. The highest BCUT2D eigenvalue weighted by Gasteiger charge is 2.25. The number of nitrogens with one attached hydrogen (secondary N) is 1. The van der Waals surface area contributed by atoms with Gasteiger partial charge >= 0.3 is 6.09 Å². The lowest BCUT2D eigenvalue weighted by atomic mass is 9.94. The Bertz CT molecular complexity index is 924. The average Bonchev–Trinajstić information content (AvgIpc) is 2.69.